The largest absolute Gasteiger partial charge is 0.434 e. The lowest BCUT2D eigenvalue weighted by atomic mass is 10.1. The number of benzene rings is 2. The lowest BCUT2D eigenvalue weighted by molar-refractivity contribution is -0.141. The molecular weight excluding hydrogens is 393 g/mol. The van der Waals surface area contributed by atoms with Crippen molar-refractivity contribution in [1.82, 2.24) is 0 Å². The Morgan fingerprint density at radius 1 is 1.19 bits per heavy atom. The second-order valence-electron chi connectivity index (χ2n) is 5.46. The van der Waals surface area contributed by atoms with E-state index >= 15 is 0 Å². The Balaban J connectivity index is 2.26. The highest BCUT2D eigenvalue weighted by Gasteiger charge is 2.35. The van der Waals surface area contributed by atoms with Crippen molar-refractivity contribution in [2.75, 3.05) is 11.6 Å². The predicted octanol–water partition coefficient (Wildman–Crippen LogP) is 4.44. The number of amides is 1. The maximum Gasteiger partial charge on any atom is 0.420 e. The van der Waals surface area contributed by atoms with Gasteiger partial charge in [-0.25, -0.2) is 0 Å². The molecular formula is C17H14F5NO3S. The van der Waals surface area contributed by atoms with Crippen LogP contribution in [0.25, 0.3) is 0 Å². The maximum absolute atomic E-state index is 13.0. The van der Waals surface area contributed by atoms with Gasteiger partial charge in [0, 0.05) is 34.1 Å². The highest BCUT2D eigenvalue weighted by molar-refractivity contribution is 7.83. The summed E-state index contributed by atoms with van der Waals surface area (Å²) in [5.41, 5.74) is -0.895. The summed E-state index contributed by atoms with van der Waals surface area (Å²) in [6.07, 6.45) is -3.45. The number of anilines is 1. The summed E-state index contributed by atoms with van der Waals surface area (Å²) < 4.78 is 78.8. The molecule has 2 rings (SSSR count). The molecule has 0 aliphatic rings. The van der Waals surface area contributed by atoms with Crippen LogP contribution in [0.15, 0.2) is 42.5 Å². The Kier molecular flexibility index (Phi) is 6.53. The van der Waals surface area contributed by atoms with E-state index < -0.39 is 40.8 Å². The van der Waals surface area contributed by atoms with E-state index in [9.17, 15) is 31.0 Å². The molecule has 10 heteroatoms. The monoisotopic (exact) mass is 407 g/mol. The van der Waals surface area contributed by atoms with E-state index in [-0.39, 0.29) is 17.0 Å². The summed E-state index contributed by atoms with van der Waals surface area (Å²) in [6, 6.07) is 8.37. The van der Waals surface area contributed by atoms with Gasteiger partial charge in [-0.2, -0.15) is 22.0 Å². The zero-order valence-corrected chi connectivity index (χ0v) is 14.7. The molecule has 146 valence electrons. The minimum atomic E-state index is -4.95. The molecule has 0 aliphatic heterocycles. The highest BCUT2D eigenvalue weighted by atomic mass is 32.2. The third kappa shape index (κ3) is 6.02. The van der Waals surface area contributed by atoms with Crippen LogP contribution in [0.2, 0.25) is 0 Å². The molecule has 27 heavy (non-hydrogen) atoms. The van der Waals surface area contributed by atoms with E-state index in [1.807, 2.05) is 0 Å². The van der Waals surface area contributed by atoms with E-state index in [1.165, 1.54) is 18.4 Å². The van der Waals surface area contributed by atoms with Crippen LogP contribution in [0.1, 0.15) is 21.5 Å². The SMILES string of the molecule is CS(=O)Cc1cccc(C(=O)Nc2ccc(OC(F)F)c(C(F)(F)F)c2)c1. The van der Waals surface area contributed by atoms with Crippen molar-refractivity contribution in [3.8, 4) is 5.75 Å². The predicted molar refractivity (Wildman–Crippen MR) is 90.2 cm³/mol. The number of carbonyl (C=O) groups is 1. The number of hydrogen-bond donors (Lipinski definition) is 1. The number of nitrogens with one attached hydrogen (secondary N) is 1. The fraction of sp³-hybridized carbons (Fsp3) is 0.235. The molecule has 0 bridgehead atoms. The summed E-state index contributed by atoms with van der Waals surface area (Å²) in [6.45, 7) is -3.42. The summed E-state index contributed by atoms with van der Waals surface area (Å²) in [5.74, 6) is -1.52. The topological polar surface area (TPSA) is 55.4 Å². The molecule has 0 aliphatic carbocycles. The minimum absolute atomic E-state index is 0.152. The smallest absolute Gasteiger partial charge is 0.420 e. The van der Waals surface area contributed by atoms with Gasteiger partial charge in [0.25, 0.3) is 5.91 Å². The zero-order valence-electron chi connectivity index (χ0n) is 13.8. The third-order valence-corrected chi connectivity index (χ3v) is 4.06. The van der Waals surface area contributed by atoms with Gasteiger partial charge >= 0.3 is 12.8 Å². The zero-order chi connectivity index (χ0) is 20.2. The Bertz CT molecular complexity index is 855. The quantitative estimate of drug-likeness (QED) is 0.721. The van der Waals surface area contributed by atoms with Crippen LogP contribution < -0.4 is 10.1 Å². The lowest BCUT2D eigenvalue weighted by Crippen LogP contribution is -2.15. The van der Waals surface area contributed by atoms with Gasteiger partial charge in [0.15, 0.2) is 0 Å². The molecule has 1 amide bonds. The summed E-state index contributed by atoms with van der Waals surface area (Å²) >= 11 is 0. The van der Waals surface area contributed by atoms with Gasteiger partial charge in [-0.3, -0.25) is 9.00 Å². The summed E-state index contributed by atoms with van der Waals surface area (Å²) in [7, 11) is -1.13. The van der Waals surface area contributed by atoms with Crippen LogP contribution in [0.5, 0.6) is 5.75 Å². The van der Waals surface area contributed by atoms with Gasteiger partial charge in [-0.1, -0.05) is 12.1 Å². The Hall–Kier alpha value is -2.49. The average Bonchev–Trinajstić information content (AvgIpc) is 2.54. The first-order chi connectivity index (χ1) is 12.6. The first-order valence-corrected chi connectivity index (χ1v) is 9.15. The van der Waals surface area contributed by atoms with Crippen molar-refractivity contribution in [2.45, 2.75) is 18.5 Å². The number of halogens is 5. The molecule has 0 aromatic heterocycles. The number of hydrogen-bond acceptors (Lipinski definition) is 3. The first kappa shape index (κ1) is 20.8. The van der Waals surface area contributed by atoms with E-state index in [0.717, 1.165) is 6.07 Å². The number of ether oxygens (including phenoxy) is 1. The average molecular weight is 407 g/mol. The van der Waals surface area contributed by atoms with Crippen LogP contribution in [0.3, 0.4) is 0 Å². The molecule has 0 radical (unpaired) electrons. The van der Waals surface area contributed by atoms with Crippen molar-refractivity contribution < 1.29 is 35.7 Å². The molecule has 1 unspecified atom stereocenters. The first-order valence-electron chi connectivity index (χ1n) is 7.42. The van der Waals surface area contributed by atoms with Crippen molar-refractivity contribution in [3.63, 3.8) is 0 Å². The van der Waals surface area contributed by atoms with Crippen molar-refractivity contribution in [3.05, 3.63) is 59.2 Å². The highest BCUT2D eigenvalue weighted by Crippen LogP contribution is 2.38. The Labute approximate surface area is 153 Å². The van der Waals surface area contributed by atoms with E-state index in [1.54, 1.807) is 12.1 Å². The normalized spacial score (nSPS) is 12.7. The molecule has 1 atom stereocenters. The third-order valence-electron chi connectivity index (χ3n) is 3.32. The second kappa shape index (κ2) is 8.47. The Morgan fingerprint density at radius 2 is 1.89 bits per heavy atom. The second-order valence-corrected chi connectivity index (χ2v) is 6.89. The van der Waals surface area contributed by atoms with E-state index in [0.29, 0.717) is 17.7 Å². The molecule has 0 saturated heterocycles. The van der Waals surface area contributed by atoms with E-state index in [4.69, 9.17) is 0 Å². The van der Waals surface area contributed by atoms with Gasteiger partial charge in [-0.05, 0) is 35.9 Å². The minimum Gasteiger partial charge on any atom is -0.434 e. The fourth-order valence-corrected chi connectivity index (χ4v) is 2.92. The molecule has 0 saturated carbocycles. The van der Waals surface area contributed by atoms with E-state index in [2.05, 4.69) is 10.1 Å². The molecule has 2 aromatic rings. The number of rotatable bonds is 6. The lowest BCUT2D eigenvalue weighted by Gasteiger charge is -2.15. The van der Waals surface area contributed by atoms with Crippen LogP contribution in [0, 0.1) is 0 Å². The van der Waals surface area contributed by atoms with Crippen LogP contribution in [-0.4, -0.2) is 23.0 Å². The molecule has 4 nitrogen and oxygen atoms in total. The van der Waals surface area contributed by atoms with Crippen molar-refractivity contribution in [1.29, 1.82) is 0 Å². The molecule has 0 fully saturated rings. The van der Waals surface area contributed by atoms with Gasteiger partial charge in [-0.15, -0.1) is 0 Å². The molecule has 0 spiro atoms. The Morgan fingerprint density at radius 3 is 2.48 bits per heavy atom. The molecule has 2 aromatic carbocycles. The standard InChI is InChI=1S/C17H14F5NO3S/c1-27(25)9-10-3-2-4-11(7-10)15(24)23-12-5-6-14(26-16(18)19)13(8-12)17(20,21)22/h2-8,16H,9H2,1H3,(H,23,24). The van der Waals surface area contributed by atoms with Gasteiger partial charge in [0.05, 0.1) is 5.56 Å². The van der Waals surface area contributed by atoms with Crippen molar-refractivity contribution >= 4 is 22.4 Å². The van der Waals surface area contributed by atoms with Crippen LogP contribution >= 0.6 is 0 Å². The maximum atomic E-state index is 13.0. The number of carbonyl (C=O) groups excluding carboxylic acids is 1. The van der Waals surface area contributed by atoms with Gasteiger partial charge in [0.1, 0.15) is 5.75 Å². The van der Waals surface area contributed by atoms with Crippen molar-refractivity contribution in [2.24, 2.45) is 0 Å². The van der Waals surface area contributed by atoms with Gasteiger partial charge in [0.2, 0.25) is 0 Å². The van der Waals surface area contributed by atoms with Gasteiger partial charge < -0.3 is 10.1 Å². The molecule has 1 N–H and O–H groups in total. The summed E-state index contributed by atoms with van der Waals surface area (Å²) in [5, 5.41) is 2.27. The van der Waals surface area contributed by atoms with Crippen LogP contribution in [-0.2, 0) is 22.7 Å². The summed E-state index contributed by atoms with van der Waals surface area (Å²) in [4.78, 5) is 12.3. The molecule has 0 heterocycles. The van der Waals surface area contributed by atoms with Crippen LogP contribution in [0.4, 0.5) is 27.6 Å². The number of alkyl halides is 5. The fourth-order valence-electron chi connectivity index (χ4n) is 2.27.